The molecule has 0 fully saturated rings. The molecule has 0 aliphatic carbocycles. The molecule has 2 aromatic carbocycles. The van der Waals surface area contributed by atoms with Gasteiger partial charge >= 0.3 is 11.7 Å². The number of carbonyl (C=O) groups excluding carboxylic acids is 2. The van der Waals surface area contributed by atoms with Gasteiger partial charge in [0.1, 0.15) is 0 Å². The van der Waals surface area contributed by atoms with Gasteiger partial charge < -0.3 is 10.1 Å². The van der Waals surface area contributed by atoms with Crippen LogP contribution in [0.25, 0.3) is 0 Å². The zero-order valence-electron chi connectivity index (χ0n) is 17.6. The van der Waals surface area contributed by atoms with Crippen molar-refractivity contribution in [2.75, 3.05) is 18.4 Å². The van der Waals surface area contributed by atoms with Gasteiger partial charge in [-0.15, -0.1) is 0 Å². The van der Waals surface area contributed by atoms with Crippen molar-refractivity contribution in [1.82, 2.24) is 4.31 Å². The summed E-state index contributed by atoms with van der Waals surface area (Å²) >= 11 is 0. The second kappa shape index (κ2) is 10.3. The van der Waals surface area contributed by atoms with Crippen LogP contribution in [0.3, 0.4) is 0 Å². The summed E-state index contributed by atoms with van der Waals surface area (Å²) in [7, 11) is -3.69. The van der Waals surface area contributed by atoms with Crippen LogP contribution in [0.2, 0.25) is 0 Å². The van der Waals surface area contributed by atoms with Gasteiger partial charge in [0.25, 0.3) is 5.91 Å². The normalized spacial score (nSPS) is 12.3. The largest absolute Gasteiger partial charge is 0.449 e. The Morgan fingerprint density at radius 2 is 1.75 bits per heavy atom. The molecule has 12 heteroatoms. The Balaban J connectivity index is 2.07. The molecule has 0 saturated carbocycles. The molecule has 2 aromatic rings. The molecule has 1 amide bonds. The maximum atomic E-state index is 13.4. The van der Waals surface area contributed by atoms with Crippen LogP contribution >= 0.6 is 0 Å². The number of nitrogens with zero attached hydrogens (tertiary/aromatic N) is 2. The van der Waals surface area contributed by atoms with Crippen molar-refractivity contribution in [2.45, 2.75) is 31.8 Å². The molecular formula is C20H22FN3O7S. The molecule has 10 nitrogen and oxygen atoms in total. The third kappa shape index (κ3) is 5.65. The lowest BCUT2D eigenvalue weighted by atomic mass is 10.2. The number of amides is 1. The standard InChI is InChI=1S/C20H22FN3O7S/c1-4-23(5-2)32(29,30)16-9-6-14(7-10-16)20(26)31-13(3)19(25)22-15-8-11-17(21)18(12-15)24(27)28/h6-13H,4-5H2,1-3H3,(H,22,25). The quantitative estimate of drug-likeness (QED) is 0.340. The van der Waals surface area contributed by atoms with Crippen molar-refractivity contribution in [3.63, 3.8) is 0 Å². The summed E-state index contributed by atoms with van der Waals surface area (Å²) in [5, 5.41) is 13.1. The predicted octanol–water partition coefficient (Wildman–Crippen LogP) is 2.95. The van der Waals surface area contributed by atoms with Crippen LogP contribution in [-0.2, 0) is 19.6 Å². The number of nitrogens with one attached hydrogen (secondary N) is 1. The lowest BCUT2D eigenvalue weighted by Crippen LogP contribution is -2.31. The monoisotopic (exact) mass is 467 g/mol. The average Bonchev–Trinajstić information content (AvgIpc) is 2.75. The molecule has 1 atom stereocenters. The molecule has 0 aromatic heterocycles. The lowest BCUT2D eigenvalue weighted by Gasteiger charge is -2.18. The number of hydrogen-bond donors (Lipinski definition) is 1. The Kier molecular flexibility index (Phi) is 8.00. The van der Waals surface area contributed by atoms with E-state index in [2.05, 4.69) is 5.32 Å². The number of halogens is 1. The fourth-order valence-electron chi connectivity index (χ4n) is 2.73. The van der Waals surface area contributed by atoms with E-state index in [1.54, 1.807) is 13.8 Å². The molecule has 2 rings (SSSR count). The first kappa shape index (κ1) is 24.9. The van der Waals surface area contributed by atoms with E-state index in [4.69, 9.17) is 4.74 Å². The smallest absolute Gasteiger partial charge is 0.338 e. The third-order valence-corrected chi connectivity index (χ3v) is 6.56. The summed E-state index contributed by atoms with van der Waals surface area (Å²) in [6.45, 7) is 5.30. The van der Waals surface area contributed by atoms with E-state index >= 15 is 0 Å². The van der Waals surface area contributed by atoms with E-state index in [-0.39, 0.29) is 16.1 Å². The number of hydrogen-bond acceptors (Lipinski definition) is 7. The molecule has 0 aliphatic heterocycles. The van der Waals surface area contributed by atoms with Crippen LogP contribution in [0.4, 0.5) is 15.8 Å². The van der Waals surface area contributed by atoms with Crippen LogP contribution in [0.1, 0.15) is 31.1 Å². The first-order chi connectivity index (χ1) is 15.0. The summed E-state index contributed by atoms with van der Waals surface area (Å²) in [4.78, 5) is 34.4. The summed E-state index contributed by atoms with van der Waals surface area (Å²) in [6.07, 6.45) is -1.29. The van der Waals surface area contributed by atoms with E-state index < -0.39 is 44.4 Å². The molecular weight excluding hydrogens is 445 g/mol. The molecule has 0 radical (unpaired) electrons. The molecule has 32 heavy (non-hydrogen) atoms. The number of nitro groups is 1. The number of carbonyl (C=O) groups is 2. The molecule has 0 spiro atoms. The Morgan fingerprint density at radius 1 is 1.16 bits per heavy atom. The molecule has 0 heterocycles. The summed E-state index contributed by atoms with van der Waals surface area (Å²) in [6, 6.07) is 7.89. The van der Waals surface area contributed by atoms with Gasteiger partial charge in [-0.2, -0.15) is 8.70 Å². The average molecular weight is 467 g/mol. The number of benzene rings is 2. The number of anilines is 1. The summed E-state index contributed by atoms with van der Waals surface area (Å²) < 4.78 is 44.7. The van der Waals surface area contributed by atoms with Crippen molar-refractivity contribution >= 4 is 33.3 Å². The van der Waals surface area contributed by atoms with Crippen molar-refractivity contribution in [1.29, 1.82) is 0 Å². The minimum Gasteiger partial charge on any atom is -0.449 e. The highest BCUT2D eigenvalue weighted by atomic mass is 32.2. The highest BCUT2D eigenvalue weighted by Crippen LogP contribution is 2.22. The number of ether oxygens (including phenoxy) is 1. The van der Waals surface area contributed by atoms with Crippen LogP contribution in [0, 0.1) is 15.9 Å². The second-order valence-corrected chi connectivity index (χ2v) is 8.51. The first-order valence-electron chi connectivity index (χ1n) is 9.57. The van der Waals surface area contributed by atoms with Gasteiger partial charge in [-0.3, -0.25) is 14.9 Å². The molecule has 0 aliphatic rings. The molecule has 1 N–H and O–H groups in total. The van der Waals surface area contributed by atoms with Crippen LogP contribution in [0.15, 0.2) is 47.4 Å². The van der Waals surface area contributed by atoms with E-state index in [0.29, 0.717) is 13.1 Å². The van der Waals surface area contributed by atoms with Gasteiger partial charge in [-0.05, 0) is 43.3 Å². The van der Waals surface area contributed by atoms with E-state index in [1.807, 2.05) is 0 Å². The van der Waals surface area contributed by atoms with Gasteiger partial charge in [-0.1, -0.05) is 13.8 Å². The highest BCUT2D eigenvalue weighted by molar-refractivity contribution is 7.89. The van der Waals surface area contributed by atoms with E-state index in [0.717, 1.165) is 18.2 Å². The highest BCUT2D eigenvalue weighted by Gasteiger charge is 2.24. The maximum Gasteiger partial charge on any atom is 0.338 e. The van der Waals surface area contributed by atoms with E-state index in [1.165, 1.54) is 35.5 Å². The molecule has 0 bridgehead atoms. The predicted molar refractivity (Wildman–Crippen MR) is 113 cm³/mol. The number of sulfonamides is 1. The molecule has 172 valence electrons. The Bertz CT molecular complexity index is 1120. The second-order valence-electron chi connectivity index (χ2n) is 6.57. The van der Waals surface area contributed by atoms with Gasteiger partial charge in [0.2, 0.25) is 15.8 Å². The van der Waals surface area contributed by atoms with Gasteiger partial charge in [0, 0.05) is 24.8 Å². The van der Waals surface area contributed by atoms with Crippen molar-refractivity contribution in [3.8, 4) is 0 Å². The minimum absolute atomic E-state index is 0.0152. The minimum atomic E-state index is -3.69. The van der Waals surface area contributed by atoms with Crippen LogP contribution < -0.4 is 5.32 Å². The Labute approximate surface area is 184 Å². The summed E-state index contributed by atoms with van der Waals surface area (Å²) in [5.74, 6) is -2.72. The van der Waals surface area contributed by atoms with Gasteiger partial charge in [0.05, 0.1) is 15.4 Å². The Morgan fingerprint density at radius 3 is 2.28 bits per heavy atom. The van der Waals surface area contributed by atoms with Crippen molar-refractivity contribution in [2.24, 2.45) is 0 Å². The number of nitro benzene ring substituents is 1. The topological polar surface area (TPSA) is 136 Å². The van der Waals surface area contributed by atoms with Crippen LogP contribution in [0.5, 0.6) is 0 Å². The fraction of sp³-hybridized carbons (Fsp3) is 0.300. The molecule has 0 saturated heterocycles. The summed E-state index contributed by atoms with van der Waals surface area (Å²) in [5.41, 5.74) is -0.829. The Hall–Kier alpha value is -3.38. The fourth-order valence-corrected chi connectivity index (χ4v) is 4.19. The van der Waals surface area contributed by atoms with Crippen molar-refractivity contribution in [3.05, 3.63) is 64.0 Å². The zero-order chi connectivity index (χ0) is 24.1. The molecule has 1 unspecified atom stereocenters. The van der Waals surface area contributed by atoms with Gasteiger partial charge in [-0.25, -0.2) is 13.2 Å². The first-order valence-corrected chi connectivity index (χ1v) is 11.0. The SMILES string of the molecule is CCN(CC)S(=O)(=O)c1ccc(C(=O)OC(C)C(=O)Nc2ccc(F)c([N+](=O)[O-])c2)cc1. The zero-order valence-corrected chi connectivity index (χ0v) is 18.4. The van der Waals surface area contributed by atoms with Crippen LogP contribution in [-0.4, -0.2) is 48.7 Å². The third-order valence-electron chi connectivity index (χ3n) is 4.50. The maximum absolute atomic E-state index is 13.4. The van der Waals surface area contributed by atoms with E-state index in [9.17, 15) is 32.5 Å². The van der Waals surface area contributed by atoms with Gasteiger partial charge in [0.15, 0.2) is 6.10 Å². The van der Waals surface area contributed by atoms with Crippen molar-refractivity contribution < 1.29 is 32.1 Å². The number of esters is 1. The number of rotatable bonds is 9. The lowest BCUT2D eigenvalue weighted by molar-refractivity contribution is -0.387.